The predicted molar refractivity (Wildman–Crippen MR) is 91.6 cm³/mol. The maximum atomic E-state index is 13.8. The van der Waals surface area contributed by atoms with Gasteiger partial charge in [-0.2, -0.15) is 0 Å². The number of aryl methyl sites for hydroxylation is 2. The second kappa shape index (κ2) is 7.87. The van der Waals surface area contributed by atoms with Crippen molar-refractivity contribution in [2.24, 2.45) is 0 Å². The van der Waals surface area contributed by atoms with Gasteiger partial charge in [0.05, 0.1) is 11.4 Å². The molecule has 2 amide bonds. The average Bonchev–Trinajstić information content (AvgIpc) is 2.47. The van der Waals surface area contributed by atoms with Crippen LogP contribution in [0.15, 0.2) is 29.4 Å². The Morgan fingerprint density at radius 3 is 2.42 bits per heavy atom. The summed E-state index contributed by atoms with van der Waals surface area (Å²) in [6, 6.07) is 5.81. The van der Waals surface area contributed by atoms with Gasteiger partial charge in [-0.15, -0.1) is 0 Å². The van der Waals surface area contributed by atoms with E-state index < -0.39 is 5.82 Å². The average molecular weight is 348 g/mol. The summed E-state index contributed by atoms with van der Waals surface area (Å²) >= 11 is 1.17. The fourth-order valence-electron chi connectivity index (χ4n) is 1.98. The smallest absolute Gasteiger partial charge is 0.234 e. The van der Waals surface area contributed by atoms with Crippen LogP contribution in [0.25, 0.3) is 0 Å². The number of carbonyl (C=O) groups excluding carboxylic acids is 2. The van der Waals surface area contributed by atoms with Gasteiger partial charge in [-0.3, -0.25) is 9.59 Å². The van der Waals surface area contributed by atoms with Gasteiger partial charge in [0.15, 0.2) is 5.16 Å². The number of hydrogen-bond donors (Lipinski definition) is 2. The Morgan fingerprint density at radius 2 is 1.79 bits per heavy atom. The first-order valence-corrected chi connectivity index (χ1v) is 8.14. The minimum atomic E-state index is -0.579. The summed E-state index contributed by atoms with van der Waals surface area (Å²) in [5.41, 5.74) is 2.05. The number of nitrogens with zero attached hydrogens (tertiary/aromatic N) is 2. The van der Waals surface area contributed by atoms with E-state index in [9.17, 15) is 14.0 Å². The normalized spacial score (nSPS) is 10.3. The van der Waals surface area contributed by atoms with Gasteiger partial charge in [-0.1, -0.05) is 11.8 Å². The lowest BCUT2D eigenvalue weighted by molar-refractivity contribution is -0.114. The second-order valence-corrected chi connectivity index (χ2v) is 6.09. The van der Waals surface area contributed by atoms with Crippen molar-refractivity contribution in [3.8, 4) is 0 Å². The SMILES string of the molecule is CC(=O)Nc1ccc(F)c(NC(=O)CSc2nc(C)cc(C)n2)c1. The molecule has 0 fully saturated rings. The molecule has 0 aliphatic rings. The lowest BCUT2D eigenvalue weighted by atomic mass is 10.2. The zero-order chi connectivity index (χ0) is 17.7. The first kappa shape index (κ1) is 17.9. The molecular weight excluding hydrogens is 331 g/mol. The molecule has 0 atom stereocenters. The van der Waals surface area contributed by atoms with Gasteiger partial charge in [0.25, 0.3) is 0 Å². The Bertz CT molecular complexity index is 762. The number of halogens is 1. The van der Waals surface area contributed by atoms with Crippen molar-refractivity contribution in [3.05, 3.63) is 41.5 Å². The topological polar surface area (TPSA) is 84.0 Å². The molecule has 0 aliphatic carbocycles. The van der Waals surface area contributed by atoms with E-state index in [2.05, 4.69) is 20.6 Å². The Labute approximate surface area is 143 Å². The summed E-state index contributed by atoms with van der Waals surface area (Å²) in [5, 5.41) is 5.51. The molecule has 2 rings (SSSR count). The van der Waals surface area contributed by atoms with E-state index >= 15 is 0 Å². The summed E-state index contributed by atoms with van der Waals surface area (Å²) in [7, 11) is 0. The number of carbonyl (C=O) groups is 2. The lowest BCUT2D eigenvalue weighted by Crippen LogP contribution is -2.16. The standard InChI is InChI=1S/C16H17FN4O2S/c1-9-6-10(2)19-16(18-9)24-8-15(23)21-14-7-12(20-11(3)22)4-5-13(14)17/h4-7H,8H2,1-3H3,(H,20,22)(H,21,23). The fraction of sp³-hybridized carbons (Fsp3) is 0.250. The summed E-state index contributed by atoms with van der Waals surface area (Å²) in [6.07, 6.45) is 0. The monoisotopic (exact) mass is 348 g/mol. The van der Waals surface area contributed by atoms with Crippen molar-refractivity contribution in [2.75, 3.05) is 16.4 Å². The molecule has 0 bridgehead atoms. The zero-order valence-electron chi connectivity index (χ0n) is 13.5. The van der Waals surface area contributed by atoms with Crippen molar-refractivity contribution in [1.82, 2.24) is 9.97 Å². The molecule has 8 heteroatoms. The second-order valence-electron chi connectivity index (χ2n) is 5.15. The van der Waals surface area contributed by atoms with Crippen LogP contribution < -0.4 is 10.6 Å². The molecular formula is C16H17FN4O2S. The predicted octanol–water partition coefficient (Wildman–Crippen LogP) is 2.92. The van der Waals surface area contributed by atoms with Crippen LogP contribution in [-0.4, -0.2) is 27.5 Å². The van der Waals surface area contributed by atoms with Crippen molar-refractivity contribution in [2.45, 2.75) is 25.9 Å². The van der Waals surface area contributed by atoms with E-state index in [0.29, 0.717) is 10.8 Å². The highest BCUT2D eigenvalue weighted by Gasteiger charge is 2.10. The maximum Gasteiger partial charge on any atom is 0.234 e. The summed E-state index contributed by atoms with van der Waals surface area (Å²) in [4.78, 5) is 31.5. The van der Waals surface area contributed by atoms with Gasteiger partial charge in [-0.05, 0) is 38.1 Å². The Morgan fingerprint density at radius 1 is 1.12 bits per heavy atom. The molecule has 126 valence electrons. The number of aromatic nitrogens is 2. The molecule has 6 nitrogen and oxygen atoms in total. The van der Waals surface area contributed by atoms with Gasteiger partial charge >= 0.3 is 0 Å². The number of benzene rings is 1. The van der Waals surface area contributed by atoms with Crippen molar-refractivity contribution in [3.63, 3.8) is 0 Å². The number of anilines is 2. The number of thioether (sulfide) groups is 1. The molecule has 0 aliphatic heterocycles. The molecule has 1 aromatic carbocycles. The van der Waals surface area contributed by atoms with Crippen LogP contribution >= 0.6 is 11.8 Å². The molecule has 0 radical (unpaired) electrons. The van der Waals surface area contributed by atoms with Crippen molar-refractivity contribution >= 4 is 35.0 Å². The molecule has 1 aromatic heterocycles. The van der Waals surface area contributed by atoms with Gasteiger partial charge < -0.3 is 10.6 Å². The molecule has 24 heavy (non-hydrogen) atoms. The van der Waals surface area contributed by atoms with Crippen LogP contribution in [-0.2, 0) is 9.59 Å². The van der Waals surface area contributed by atoms with E-state index in [1.807, 2.05) is 19.9 Å². The third-order valence-electron chi connectivity index (χ3n) is 2.85. The molecule has 0 spiro atoms. The van der Waals surface area contributed by atoms with E-state index in [-0.39, 0.29) is 23.3 Å². The third-order valence-corrected chi connectivity index (χ3v) is 3.70. The van der Waals surface area contributed by atoms with Gasteiger partial charge in [0, 0.05) is 24.0 Å². The summed E-state index contributed by atoms with van der Waals surface area (Å²) < 4.78 is 13.8. The molecule has 2 aromatic rings. The van der Waals surface area contributed by atoms with Crippen molar-refractivity contribution < 1.29 is 14.0 Å². The van der Waals surface area contributed by atoms with Crippen molar-refractivity contribution in [1.29, 1.82) is 0 Å². The van der Waals surface area contributed by atoms with Crippen LogP contribution in [0.5, 0.6) is 0 Å². The van der Waals surface area contributed by atoms with E-state index in [4.69, 9.17) is 0 Å². The van der Waals surface area contributed by atoms with E-state index in [1.54, 1.807) is 0 Å². The van der Waals surface area contributed by atoms with Crippen LogP contribution in [0.3, 0.4) is 0 Å². The fourth-order valence-corrected chi connectivity index (χ4v) is 2.73. The first-order chi connectivity index (χ1) is 11.3. The quantitative estimate of drug-likeness (QED) is 0.641. The van der Waals surface area contributed by atoms with Crippen LogP contribution in [0, 0.1) is 19.7 Å². The Balaban J connectivity index is 2.00. The highest BCUT2D eigenvalue weighted by molar-refractivity contribution is 7.99. The van der Waals surface area contributed by atoms with Gasteiger partial charge in [0.2, 0.25) is 11.8 Å². The Hall–Kier alpha value is -2.48. The first-order valence-electron chi connectivity index (χ1n) is 7.15. The summed E-state index contributed by atoms with van der Waals surface area (Å²) in [5.74, 6) is -1.19. The lowest BCUT2D eigenvalue weighted by Gasteiger charge is -2.09. The minimum absolute atomic E-state index is 0.00758. The number of amides is 2. The summed E-state index contributed by atoms with van der Waals surface area (Å²) in [6.45, 7) is 5.05. The van der Waals surface area contributed by atoms with Crippen LogP contribution in [0.4, 0.5) is 15.8 Å². The van der Waals surface area contributed by atoms with Gasteiger partial charge in [0.1, 0.15) is 5.82 Å². The van der Waals surface area contributed by atoms with Gasteiger partial charge in [-0.25, -0.2) is 14.4 Å². The number of nitrogens with one attached hydrogen (secondary N) is 2. The molecule has 0 saturated heterocycles. The highest BCUT2D eigenvalue weighted by Crippen LogP contribution is 2.21. The van der Waals surface area contributed by atoms with E-state index in [0.717, 1.165) is 11.4 Å². The molecule has 0 saturated carbocycles. The van der Waals surface area contributed by atoms with Crippen LogP contribution in [0.1, 0.15) is 18.3 Å². The third kappa shape index (κ3) is 5.31. The highest BCUT2D eigenvalue weighted by atomic mass is 32.2. The number of hydrogen-bond acceptors (Lipinski definition) is 5. The Kier molecular flexibility index (Phi) is 5.86. The molecule has 1 heterocycles. The van der Waals surface area contributed by atoms with Crippen LogP contribution in [0.2, 0.25) is 0 Å². The minimum Gasteiger partial charge on any atom is -0.326 e. The molecule has 2 N–H and O–H groups in total. The number of rotatable bonds is 5. The van der Waals surface area contributed by atoms with E-state index in [1.165, 1.54) is 36.9 Å². The largest absolute Gasteiger partial charge is 0.326 e. The maximum absolute atomic E-state index is 13.8. The zero-order valence-corrected chi connectivity index (χ0v) is 14.3. The molecule has 0 unspecified atom stereocenters.